The number of carbonyl (C=O) groups excluding carboxylic acids is 1. The molecule has 0 spiro atoms. The molecular weight excluding hydrogens is 402 g/mol. The van der Waals surface area contributed by atoms with Crippen molar-refractivity contribution in [2.45, 2.75) is 16.7 Å². The SMILES string of the molecule is Cn1c(CSCc2ccc(F)cc2)nnc1SCC(=O)Nc1ccc(F)cc1. The molecule has 0 unspecified atom stereocenters. The number of halogens is 2. The lowest BCUT2D eigenvalue weighted by Gasteiger charge is -2.06. The van der Waals surface area contributed by atoms with Gasteiger partial charge in [0, 0.05) is 18.5 Å². The number of carbonyl (C=O) groups is 1. The van der Waals surface area contributed by atoms with Crippen LogP contribution in [0.5, 0.6) is 0 Å². The van der Waals surface area contributed by atoms with Crippen LogP contribution in [0.25, 0.3) is 0 Å². The zero-order valence-electron chi connectivity index (χ0n) is 15.1. The molecule has 3 rings (SSSR count). The minimum atomic E-state index is -0.351. The molecule has 0 bridgehead atoms. The Morgan fingerprint density at radius 3 is 2.32 bits per heavy atom. The monoisotopic (exact) mass is 420 g/mol. The van der Waals surface area contributed by atoms with E-state index in [1.807, 2.05) is 11.6 Å². The largest absolute Gasteiger partial charge is 0.325 e. The summed E-state index contributed by atoms with van der Waals surface area (Å²) in [6, 6.07) is 12.0. The second-order valence-electron chi connectivity index (χ2n) is 5.92. The molecule has 1 heterocycles. The molecular formula is C19H18F2N4OS2. The van der Waals surface area contributed by atoms with Gasteiger partial charge in [-0.25, -0.2) is 8.78 Å². The van der Waals surface area contributed by atoms with Gasteiger partial charge in [0.25, 0.3) is 0 Å². The number of anilines is 1. The van der Waals surface area contributed by atoms with Crippen LogP contribution in [-0.2, 0) is 23.3 Å². The van der Waals surface area contributed by atoms with Crippen LogP contribution in [0.2, 0.25) is 0 Å². The van der Waals surface area contributed by atoms with Crippen molar-refractivity contribution in [3.05, 3.63) is 71.6 Å². The highest BCUT2D eigenvalue weighted by Gasteiger charge is 2.12. The Labute approximate surface area is 169 Å². The summed E-state index contributed by atoms with van der Waals surface area (Å²) in [5.41, 5.74) is 1.59. The highest BCUT2D eigenvalue weighted by atomic mass is 32.2. The van der Waals surface area contributed by atoms with Crippen molar-refractivity contribution in [3.63, 3.8) is 0 Å². The average Bonchev–Trinajstić information content (AvgIpc) is 3.03. The fourth-order valence-corrected chi connectivity index (χ4v) is 3.99. The fourth-order valence-electron chi connectivity index (χ4n) is 2.30. The van der Waals surface area contributed by atoms with Gasteiger partial charge in [0.1, 0.15) is 17.5 Å². The Bertz CT molecular complexity index is 930. The van der Waals surface area contributed by atoms with Crippen molar-refractivity contribution in [3.8, 4) is 0 Å². The van der Waals surface area contributed by atoms with E-state index >= 15 is 0 Å². The van der Waals surface area contributed by atoms with Crippen molar-refractivity contribution < 1.29 is 13.6 Å². The summed E-state index contributed by atoms with van der Waals surface area (Å²) in [6.07, 6.45) is 0. The number of benzene rings is 2. The van der Waals surface area contributed by atoms with E-state index in [2.05, 4.69) is 15.5 Å². The number of nitrogens with one attached hydrogen (secondary N) is 1. The lowest BCUT2D eigenvalue weighted by atomic mass is 10.2. The van der Waals surface area contributed by atoms with Gasteiger partial charge in [0.2, 0.25) is 5.91 Å². The summed E-state index contributed by atoms with van der Waals surface area (Å²) >= 11 is 2.94. The Hall–Kier alpha value is -2.39. The molecule has 28 heavy (non-hydrogen) atoms. The fraction of sp³-hybridized carbons (Fsp3) is 0.211. The molecule has 9 heteroatoms. The standard InChI is InChI=1S/C19H18F2N4OS2/c1-25-17(11-27-10-13-2-4-14(20)5-3-13)23-24-19(25)28-12-18(26)22-16-8-6-15(21)7-9-16/h2-9H,10-12H2,1H3,(H,22,26). The predicted molar refractivity (Wildman–Crippen MR) is 108 cm³/mol. The van der Waals surface area contributed by atoms with Gasteiger partial charge in [0.15, 0.2) is 5.16 Å². The molecule has 0 aliphatic carbocycles. The van der Waals surface area contributed by atoms with Gasteiger partial charge < -0.3 is 9.88 Å². The first-order chi connectivity index (χ1) is 13.5. The second-order valence-corrected chi connectivity index (χ2v) is 7.85. The normalized spacial score (nSPS) is 10.8. The highest BCUT2D eigenvalue weighted by Crippen LogP contribution is 2.21. The van der Waals surface area contributed by atoms with E-state index in [9.17, 15) is 13.6 Å². The molecule has 0 radical (unpaired) electrons. The minimum absolute atomic E-state index is 0.173. The van der Waals surface area contributed by atoms with E-state index in [0.717, 1.165) is 17.1 Å². The summed E-state index contributed by atoms with van der Waals surface area (Å²) in [5, 5.41) is 11.6. The third-order valence-corrected chi connectivity index (χ3v) is 5.82. The molecule has 2 aromatic carbocycles. The van der Waals surface area contributed by atoms with Crippen LogP contribution in [0.1, 0.15) is 11.4 Å². The topological polar surface area (TPSA) is 59.8 Å². The van der Waals surface area contributed by atoms with E-state index < -0.39 is 0 Å². The zero-order valence-corrected chi connectivity index (χ0v) is 16.7. The molecule has 0 aliphatic rings. The molecule has 0 saturated heterocycles. The van der Waals surface area contributed by atoms with Crippen LogP contribution in [0.4, 0.5) is 14.5 Å². The van der Waals surface area contributed by atoms with Crippen molar-refractivity contribution in [1.29, 1.82) is 0 Å². The first-order valence-corrected chi connectivity index (χ1v) is 10.5. The van der Waals surface area contributed by atoms with E-state index in [1.54, 1.807) is 23.9 Å². The van der Waals surface area contributed by atoms with E-state index in [0.29, 0.717) is 16.6 Å². The molecule has 1 aromatic heterocycles. The van der Waals surface area contributed by atoms with Crippen LogP contribution in [0.3, 0.4) is 0 Å². The molecule has 3 aromatic rings. The number of thioether (sulfide) groups is 2. The number of rotatable bonds is 8. The number of nitrogens with zero attached hydrogens (tertiary/aromatic N) is 3. The molecule has 0 atom stereocenters. The summed E-state index contributed by atoms with van der Waals surface area (Å²) in [4.78, 5) is 12.0. The first-order valence-electron chi connectivity index (χ1n) is 8.40. The predicted octanol–water partition coefficient (Wildman–Crippen LogP) is 4.26. The van der Waals surface area contributed by atoms with Gasteiger partial charge >= 0.3 is 0 Å². The molecule has 5 nitrogen and oxygen atoms in total. The number of hydrogen-bond acceptors (Lipinski definition) is 5. The molecule has 0 fully saturated rings. The number of amides is 1. The zero-order chi connectivity index (χ0) is 19.9. The average molecular weight is 421 g/mol. The lowest BCUT2D eigenvalue weighted by Crippen LogP contribution is -2.14. The van der Waals surface area contributed by atoms with E-state index in [4.69, 9.17) is 0 Å². The molecule has 146 valence electrons. The van der Waals surface area contributed by atoms with Crippen molar-refractivity contribution >= 4 is 35.1 Å². The Kier molecular flexibility index (Phi) is 7.05. The van der Waals surface area contributed by atoms with E-state index in [-0.39, 0.29) is 23.3 Å². The summed E-state index contributed by atoms with van der Waals surface area (Å²) < 4.78 is 27.7. The maximum absolute atomic E-state index is 12.9. The summed E-state index contributed by atoms with van der Waals surface area (Å²) in [7, 11) is 1.86. The van der Waals surface area contributed by atoms with E-state index in [1.165, 1.54) is 48.2 Å². The van der Waals surface area contributed by atoms with Crippen molar-refractivity contribution in [2.75, 3.05) is 11.1 Å². The van der Waals surface area contributed by atoms with Gasteiger partial charge in [0.05, 0.1) is 11.5 Å². The van der Waals surface area contributed by atoms with Crippen LogP contribution in [-0.4, -0.2) is 26.4 Å². The van der Waals surface area contributed by atoms with Gasteiger partial charge in [-0.1, -0.05) is 23.9 Å². The minimum Gasteiger partial charge on any atom is -0.325 e. The molecule has 0 aliphatic heterocycles. The van der Waals surface area contributed by atoms with Gasteiger partial charge in [-0.3, -0.25) is 4.79 Å². The smallest absolute Gasteiger partial charge is 0.234 e. The maximum atomic E-state index is 12.9. The van der Waals surface area contributed by atoms with Crippen LogP contribution in [0.15, 0.2) is 53.7 Å². The number of hydrogen-bond donors (Lipinski definition) is 1. The first kappa shape index (κ1) is 20.3. The van der Waals surface area contributed by atoms with Crippen LogP contribution in [0, 0.1) is 11.6 Å². The molecule has 1 amide bonds. The lowest BCUT2D eigenvalue weighted by molar-refractivity contribution is -0.113. The quantitative estimate of drug-likeness (QED) is 0.552. The Morgan fingerprint density at radius 1 is 1.00 bits per heavy atom. The molecule has 1 N–H and O–H groups in total. The van der Waals surface area contributed by atoms with Gasteiger partial charge in [-0.05, 0) is 42.0 Å². The van der Waals surface area contributed by atoms with Crippen molar-refractivity contribution in [1.82, 2.24) is 14.8 Å². The van der Waals surface area contributed by atoms with Crippen molar-refractivity contribution in [2.24, 2.45) is 7.05 Å². The number of aromatic nitrogens is 3. The second kappa shape index (κ2) is 9.70. The summed E-state index contributed by atoms with van der Waals surface area (Å²) in [5.74, 6) is 1.58. The summed E-state index contributed by atoms with van der Waals surface area (Å²) in [6.45, 7) is 0. The van der Waals surface area contributed by atoms with Gasteiger partial charge in [-0.15, -0.1) is 22.0 Å². The molecule has 0 saturated carbocycles. The maximum Gasteiger partial charge on any atom is 0.234 e. The van der Waals surface area contributed by atoms with Crippen LogP contribution < -0.4 is 5.32 Å². The van der Waals surface area contributed by atoms with Gasteiger partial charge in [-0.2, -0.15) is 0 Å². The van der Waals surface area contributed by atoms with Crippen LogP contribution >= 0.6 is 23.5 Å². The highest BCUT2D eigenvalue weighted by molar-refractivity contribution is 7.99. The third kappa shape index (κ3) is 5.80. The third-order valence-electron chi connectivity index (χ3n) is 3.80. The Morgan fingerprint density at radius 2 is 1.64 bits per heavy atom. The Balaban J connectivity index is 1.46.